The van der Waals surface area contributed by atoms with Crippen molar-refractivity contribution in [3.05, 3.63) is 35.9 Å². The Labute approximate surface area is 173 Å². The van der Waals surface area contributed by atoms with Crippen LogP contribution in [0.25, 0.3) is 11.3 Å². The molecule has 1 aliphatic rings. The number of amides is 1. The minimum absolute atomic E-state index is 0.0136. The first kappa shape index (κ1) is 21.4. The fraction of sp³-hybridized carbons (Fsp3) is 0.565. The summed E-state index contributed by atoms with van der Waals surface area (Å²) in [5.74, 6) is 1.51. The molecule has 0 N–H and O–H groups in total. The molecule has 0 spiro atoms. The van der Waals surface area contributed by atoms with Gasteiger partial charge in [-0.1, -0.05) is 49.3 Å². The quantitative estimate of drug-likeness (QED) is 0.660. The summed E-state index contributed by atoms with van der Waals surface area (Å²) in [7, 11) is 1.56. The standard InChI is InChI=1S/C23H33N3O3/c1-5-18(3)26(21(27)16-28-4)15-20-22(19-9-7-6-8-10-19)24-29-23(20)25-13-11-17(2)12-14-25/h6-10,17-18H,5,11-16H2,1-4H3. The Morgan fingerprint density at radius 1 is 1.31 bits per heavy atom. The molecule has 1 aromatic heterocycles. The molecule has 2 heterocycles. The van der Waals surface area contributed by atoms with Crippen LogP contribution in [-0.2, 0) is 16.1 Å². The van der Waals surface area contributed by atoms with Gasteiger partial charge in [-0.25, -0.2) is 0 Å². The highest BCUT2D eigenvalue weighted by atomic mass is 16.5. The van der Waals surface area contributed by atoms with E-state index in [-0.39, 0.29) is 18.6 Å². The van der Waals surface area contributed by atoms with Crippen LogP contribution in [0.2, 0.25) is 0 Å². The smallest absolute Gasteiger partial charge is 0.249 e. The number of carbonyl (C=O) groups excluding carboxylic acids is 1. The molecule has 1 fully saturated rings. The highest BCUT2D eigenvalue weighted by molar-refractivity contribution is 5.78. The molecule has 0 saturated carbocycles. The summed E-state index contributed by atoms with van der Waals surface area (Å²) < 4.78 is 11.0. The minimum Gasteiger partial charge on any atom is -0.375 e. The summed E-state index contributed by atoms with van der Waals surface area (Å²) in [6.45, 7) is 8.91. The Morgan fingerprint density at radius 3 is 2.62 bits per heavy atom. The molecule has 29 heavy (non-hydrogen) atoms. The maximum absolute atomic E-state index is 12.8. The third kappa shape index (κ3) is 4.99. The highest BCUT2D eigenvalue weighted by Gasteiger charge is 2.29. The first-order valence-corrected chi connectivity index (χ1v) is 10.6. The number of hydrogen-bond donors (Lipinski definition) is 0. The molecule has 1 amide bonds. The van der Waals surface area contributed by atoms with E-state index in [1.54, 1.807) is 7.11 Å². The molecule has 1 aromatic carbocycles. The fourth-order valence-electron chi connectivity index (χ4n) is 3.81. The van der Waals surface area contributed by atoms with E-state index in [1.807, 2.05) is 35.2 Å². The average molecular weight is 400 g/mol. The molecule has 1 aliphatic heterocycles. The van der Waals surface area contributed by atoms with Crippen molar-refractivity contribution in [2.75, 3.05) is 31.7 Å². The summed E-state index contributed by atoms with van der Waals surface area (Å²) >= 11 is 0. The Balaban J connectivity index is 1.98. The lowest BCUT2D eigenvalue weighted by Crippen LogP contribution is -2.40. The van der Waals surface area contributed by atoms with Crippen molar-refractivity contribution in [3.63, 3.8) is 0 Å². The zero-order valence-corrected chi connectivity index (χ0v) is 18.1. The van der Waals surface area contributed by atoms with Crippen LogP contribution >= 0.6 is 0 Å². The topological polar surface area (TPSA) is 58.8 Å². The second kappa shape index (κ2) is 9.92. The van der Waals surface area contributed by atoms with Crippen molar-refractivity contribution in [2.45, 2.75) is 52.6 Å². The molecular weight excluding hydrogens is 366 g/mol. The van der Waals surface area contributed by atoms with Crippen LogP contribution in [0.15, 0.2) is 34.9 Å². The number of anilines is 1. The SMILES string of the molecule is CCC(C)N(Cc1c(-c2ccccc2)noc1N1CCC(C)CC1)C(=O)COC. The maximum atomic E-state index is 12.8. The fourth-order valence-corrected chi connectivity index (χ4v) is 3.81. The molecule has 1 atom stereocenters. The van der Waals surface area contributed by atoms with Gasteiger partial charge >= 0.3 is 0 Å². The van der Waals surface area contributed by atoms with Gasteiger partial charge in [-0.15, -0.1) is 0 Å². The lowest BCUT2D eigenvalue weighted by Gasteiger charge is -2.32. The highest BCUT2D eigenvalue weighted by Crippen LogP contribution is 2.35. The van der Waals surface area contributed by atoms with E-state index in [1.165, 1.54) is 0 Å². The first-order chi connectivity index (χ1) is 14.0. The molecule has 0 radical (unpaired) electrons. The van der Waals surface area contributed by atoms with Crippen molar-refractivity contribution >= 4 is 11.8 Å². The van der Waals surface area contributed by atoms with Crippen LogP contribution in [0.5, 0.6) is 0 Å². The second-order valence-electron chi connectivity index (χ2n) is 8.06. The van der Waals surface area contributed by atoms with E-state index < -0.39 is 0 Å². The normalized spacial score (nSPS) is 16.1. The van der Waals surface area contributed by atoms with E-state index >= 15 is 0 Å². The van der Waals surface area contributed by atoms with Crippen LogP contribution < -0.4 is 4.90 Å². The lowest BCUT2D eigenvalue weighted by atomic mass is 9.98. The monoisotopic (exact) mass is 399 g/mol. The van der Waals surface area contributed by atoms with Gasteiger partial charge in [0.2, 0.25) is 11.8 Å². The average Bonchev–Trinajstić information content (AvgIpc) is 3.16. The number of rotatable bonds is 8. The molecule has 6 heteroatoms. The van der Waals surface area contributed by atoms with Gasteiger partial charge in [0, 0.05) is 31.8 Å². The Bertz CT molecular complexity index is 782. The number of hydrogen-bond acceptors (Lipinski definition) is 5. The molecule has 158 valence electrons. The lowest BCUT2D eigenvalue weighted by molar-refractivity contribution is -0.138. The third-order valence-electron chi connectivity index (χ3n) is 5.92. The summed E-state index contributed by atoms with van der Waals surface area (Å²) in [6.07, 6.45) is 3.15. The number of nitrogens with zero attached hydrogens (tertiary/aromatic N) is 3. The number of carbonyl (C=O) groups is 1. The van der Waals surface area contributed by atoms with E-state index in [2.05, 4.69) is 30.8 Å². The Kier molecular flexibility index (Phi) is 7.31. The second-order valence-corrected chi connectivity index (χ2v) is 8.06. The van der Waals surface area contributed by atoms with Crippen molar-refractivity contribution in [1.82, 2.24) is 10.1 Å². The van der Waals surface area contributed by atoms with E-state index in [4.69, 9.17) is 9.26 Å². The largest absolute Gasteiger partial charge is 0.375 e. The van der Waals surface area contributed by atoms with Crippen molar-refractivity contribution < 1.29 is 14.1 Å². The summed E-state index contributed by atoms with van der Waals surface area (Å²) in [5, 5.41) is 4.44. The van der Waals surface area contributed by atoms with Gasteiger partial charge in [-0.2, -0.15) is 0 Å². The zero-order chi connectivity index (χ0) is 20.8. The maximum Gasteiger partial charge on any atom is 0.249 e. The number of piperidine rings is 1. The molecule has 1 saturated heterocycles. The van der Waals surface area contributed by atoms with E-state index in [0.29, 0.717) is 6.54 Å². The Hall–Kier alpha value is -2.34. The summed E-state index contributed by atoms with van der Waals surface area (Å²) in [6, 6.07) is 10.2. The van der Waals surface area contributed by atoms with Crippen LogP contribution in [0.4, 0.5) is 5.88 Å². The molecule has 6 nitrogen and oxygen atoms in total. The molecule has 0 aliphatic carbocycles. The predicted molar refractivity (Wildman–Crippen MR) is 115 cm³/mol. The molecule has 3 rings (SSSR count). The van der Waals surface area contributed by atoms with E-state index in [0.717, 1.165) is 61.0 Å². The summed E-state index contributed by atoms with van der Waals surface area (Å²) in [5.41, 5.74) is 2.81. The minimum atomic E-state index is -0.0136. The van der Waals surface area contributed by atoms with Gasteiger partial charge in [0.25, 0.3) is 0 Å². The molecule has 2 aromatic rings. The first-order valence-electron chi connectivity index (χ1n) is 10.6. The van der Waals surface area contributed by atoms with Gasteiger partial charge in [-0.05, 0) is 32.1 Å². The van der Waals surface area contributed by atoms with Gasteiger partial charge in [0.05, 0.1) is 12.1 Å². The predicted octanol–water partition coefficient (Wildman–Crippen LogP) is 4.35. The van der Waals surface area contributed by atoms with Crippen LogP contribution in [0.3, 0.4) is 0 Å². The van der Waals surface area contributed by atoms with Crippen LogP contribution in [-0.4, -0.2) is 48.8 Å². The summed E-state index contributed by atoms with van der Waals surface area (Å²) in [4.78, 5) is 17.0. The number of aromatic nitrogens is 1. The van der Waals surface area contributed by atoms with Crippen LogP contribution in [0, 0.1) is 5.92 Å². The Morgan fingerprint density at radius 2 is 2.00 bits per heavy atom. The molecular formula is C23H33N3O3. The van der Waals surface area contributed by atoms with Crippen molar-refractivity contribution in [2.24, 2.45) is 5.92 Å². The number of benzene rings is 1. The molecule has 0 bridgehead atoms. The number of methoxy groups -OCH3 is 1. The van der Waals surface area contributed by atoms with Crippen molar-refractivity contribution in [3.8, 4) is 11.3 Å². The van der Waals surface area contributed by atoms with Crippen molar-refractivity contribution in [1.29, 1.82) is 0 Å². The molecule has 1 unspecified atom stereocenters. The third-order valence-corrected chi connectivity index (χ3v) is 5.92. The van der Waals surface area contributed by atoms with Gasteiger partial charge < -0.3 is 19.1 Å². The van der Waals surface area contributed by atoms with E-state index in [9.17, 15) is 4.79 Å². The zero-order valence-electron chi connectivity index (χ0n) is 18.1. The van der Waals surface area contributed by atoms with Gasteiger partial charge in [-0.3, -0.25) is 4.79 Å². The van der Waals surface area contributed by atoms with Crippen LogP contribution in [0.1, 0.15) is 45.6 Å². The number of ether oxygens (including phenoxy) is 1. The van der Waals surface area contributed by atoms with Gasteiger partial charge in [0.15, 0.2) is 0 Å². The van der Waals surface area contributed by atoms with Gasteiger partial charge in [0.1, 0.15) is 12.3 Å².